The highest BCUT2D eigenvalue weighted by atomic mass is 32.1. The van der Waals surface area contributed by atoms with Crippen LogP contribution < -0.4 is 5.32 Å². The van der Waals surface area contributed by atoms with Crippen LogP contribution in [0, 0.1) is 5.41 Å². The third kappa shape index (κ3) is 3.78. The standard InChI is InChI=1S/C16H23NOS/c1-12(17-11-16(2,3)8-9-18)15-10-13-6-4-5-7-14(13)19-15/h4-7,10,12,17-18H,8-9,11H2,1-3H3. The van der Waals surface area contributed by atoms with Gasteiger partial charge in [0.15, 0.2) is 0 Å². The minimum Gasteiger partial charge on any atom is -0.396 e. The zero-order valence-corrected chi connectivity index (χ0v) is 12.8. The molecule has 0 amide bonds. The highest BCUT2D eigenvalue weighted by Gasteiger charge is 2.18. The van der Waals surface area contributed by atoms with Crippen molar-refractivity contribution in [1.82, 2.24) is 5.32 Å². The van der Waals surface area contributed by atoms with Crippen LogP contribution in [-0.2, 0) is 0 Å². The molecule has 0 aliphatic carbocycles. The van der Waals surface area contributed by atoms with Crippen molar-refractivity contribution in [2.24, 2.45) is 5.41 Å². The molecule has 0 aliphatic rings. The lowest BCUT2D eigenvalue weighted by atomic mass is 9.89. The Morgan fingerprint density at radius 1 is 1.32 bits per heavy atom. The monoisotopic (exact) mass is 277 g/mol. The molecule has 2 rings (SSSR count). The molecule has 0 saturated heterocycles. The SMILES string of the molecule is CC(NCC(C)(C)CCO)c1cc2ccccc2s1. The summed E-state index contributed by atoms with van der Waals surface area (Å²) >= 11 is 1.86. The van der Waals surface area contributed by atoms with Gasteiger partial charge in [0.05, 0.1) is 0 Å². The molecule has 1 heterocycles. The molecule has 0 aliphatic heterocycles. The van der Waals surface area contributed by atoms with Gasteiger partial charge >= 0.3 is 0 Å². The zero-order chi connectivity index (χ0) is 13.9. The van der Waals surface area contributed by atoms with Crippen molar-refractivity contribution in [2.45, 2.75) is 33.2 Å². The fourth-order valence-electron chi connectivity index (χ4n) is 2.14. The van der Waals surface area contributed by atoms with Crippen LogP contribution in [0.3, 0.4) is 0 Å². The third-order valence-corrected chi connectivity index (χ3v) is 4.85. The number of hydrogen-bond donors (Lipinski definition) is 2. The van der Waals surface area contributed by atoms with Crippen molar-refractivity contribution < 1.29 is 5.11 Å². The van der Waals surface area contributed by atoms with Gasteiger partial charge in [-0.05, 0) is 36.3 Å². The number of aliphatic hydroxyl groups is 1. The molecule has 2 N–H and O–H groups in total. The Morgan fingerprint density at radius 2 is 2.05 bits per heavy atom. The molecule has 1 aromatic carbocycles. The van der Waals surface area contributed by atoms with E-state index in [-0.39, 0.29) is 12.0 Å². The predicted molar refractivity (Wildman–Crippen MR) is 83.7 cm³/mol. The highest BCUT2D eigenvalue weighted by molar-refractivity contribution is 7.19. The third-order valence-electron chi connectivity index (χ3n) is 3.55. The molecule has 3 heteroatoms. The van der Waals surface area contributed by atoms with Crippen LogP contribution in [0.2, 0.25) is 0 Å². The van der Waals surface area contributed by atoms with Gasteiger partial charge in [-0.3, -0.25) is 0 Å². The first-order chi connectivity index (χ1) is 9.02. The molecule has 1 atom stereocenters. The fraction of sp³-hybridized carbons (Fsp3) is 0.500. The lowest BCUT2D eigenvalue weighted by Crippen LogP contribution is -2.31. The maximum absolute atomic E-state index is 9.05. The lowest BCUT2D eigenvalue weighted by molar-refractivity contribution is 0.204. The molecule has 0 radical (unpaired) electrons. The van der Waals surface area contributed by atoms with Crippen LogP contribution in [0.25, 0.3) is 10.1 Å². The summed E-state index contributed by atoms with van der Waals surface area (Å²) in [6, 6.07) is 11.1. The summed E-state index contributed by atoms with van der Waals surface area (Å²) in [5.41, 5.74) is 0.139. The summed E-state index contributed by atoms with van der Waals surface area (Å²) in [6.07, 6.45) is 0.832. The zero-order valence-electron chi connectivity index (χ0n) is 11.9. The van der Waals surface area contributed by atoms with Gasteiger partial charge in [-0.2, -0.15) is 0 Å². The van der Waals surface area contributed by atoms with E-state index in [2.05, 4.69) is 56.4 Å². The molecular formula is C16H23NOS. The topological polar surface area (TPSA) is 32.3 Å². The van der Waals surface area contributed by atoms with Gasteiger partial charge in [0, 0.05) is 28.8 Å². The van der Waals surface area contributed by atoms with E-state index in [1.165, 1.54) is 15.0 Å². The number of aliphatic hydroxyl groups excluding tert-OH is 1. The molecule has 2 aromatic rings. The molecule has 2 nitrogen and oxygen atoms in total. The highest BCUT2D eigenvalue weighted by Crippen LogP contribution is 2.30. The minimum atomic E-state index is 0.139. The van der Waals surface area contributed by atoms with E-state index in [4.69, 9.17) is 5.11 Å². The summed E-state index contributed by atoms with van der Waals surface area (Å²) < 4.78 is 1.35. The van der Waals surface area contributed by atoms with Crippen molar-refractivity contribution in [2.75, 3.05) is 13.2 Å². The Morgan fingerprint density at radius 3 is 2.74 bits per heavy atom. The van der Waals surface area contributed by atoms with Crippen LogP contribution in [0.5, 0.6) is 0 Å². The van der Waals surface area contributed by atoms with E-state index in [1.807, 2.05) is 11.3 Å². The van der Waals surface area contributed by atoms with E-state index in [0.29, 0.717) is 6.04 Å². The van der Waals surface area contributed by atoms with E-state index in [0.717, 1.165) is 13.0 Å². The average molecular weight is 277 g/mol. The first kappa shape index (κ1) is 14.5. The van der Waals surface area contributed by atoms with Crippen LogP contribution in [0.4, 0.5) is 0 Å². The second-order valence-electron chi connectivity index (χ2n) is 5.93. The Bertz CT molecular complexity index is 499. The van der Waals surface area contributed by atoms with Crippen LogP contribution in [0.1, 0.15) is 38.1 Å². The van der Waals surface area contributed by atoms with Gasteiger partial charge in [-0.15, -0.1) is 11.3 Å². The molecule has 1 unspecified atom stereocenters. The molecule has 19 heavy (non-hydrogen) atoms. The Kier molecular flexibility index (Phi) is 4.61. The normalized spacial score (nSPS) is 13.9. The Hall–Kier alpha value is -0.900. The number of nitrogens with one attached hydrogen (secondary N) is 1. The number of fused-ring (bicyclic) bond motifs is 1. The van der Waals surface area contributed by atoms with Crippen molar-refractivity contribution >= 4 is 21.4 Å². The molecule has 0 fully saturated rings. The van der Waals surface area contributed by atoms with Gasteiger partial charge in [0.1, 0.15) is 0 Å². The van der Waals surface area contributed by atoms with Crippen molar-refractivity contribution in [3.8, 4) is 0 Å². The molecule has 0 bridgehead atoms. The van der Waals surface area contributed by atoms with Crippen molar-refractivity contribution in [1.29, 1.82) is 0 Å². The average Bonchev–Trinajstić information content (AvgIpc) is 2.79. The Labute approximate surface area is 119 Å². The number of rotatable bonds is 6. The van der Waals surface area contributed by atoms with Gasteiger partial charge < -0.3 is 10.4 Å². The van der Waals surface area contributed by atoms with Crippen LogP contribution >= 0.6 is 11.3 Å². The van der Waals surface area contributed by atoms with Crippen molar-refractivity contribution in [3.05, 3.63) is 35.2 Å². The molecule has 0 saturated carbocycles. The van der Waals surface area contributed by atoms with E-state index >= 15 is 0 Å². The quantitative estimate of drug-likeness (QED) is 0.837. The molecule has 104 valence electrons. The fourth-order valence-corrected chi connectivity index (χ4v) is 3.23. The molecule has 1 aromatic heterocycles. The van der Waals surface area contributed by atoms with E-state index in [9.17, 15) is 0 Å². The maximum Gasteiger partial charge on any atom is 0.0436 e. The summed E-state index contributed by atoms with van der Waals surface area (Å²) in [4.78, 5) is 1.38. The smallest absolute Gasteiger partial charge is 0.0436 e. The largest absolute Gasteiger partial charge is 0.396 e. The summed E-state index contributed by atoms with van der Waals surface area (Å²) in [6.45, 7) is 7.76. The summed E-state index contributed by atoms with van der Waals surface area (Å²) in [5.74, 6) is 0. The maximum atomic E-state index is 9.05. The van der Waals surface area contributed by atoms with Gasteiger partial charge in [-0.1, -0.05) is 32.0 Å². The molecular weight excluding hydrogens is 254 g/mol. The van der Waals surface area contributed by atoms with Gasteiger partial charge in [0.2, 0.25) is 0 Å². The predicted octanol–water partition coefficient (Wildman–Crippen LogP) is 3.96. The van der Waals surface area contributed by atoms with E-state index < -0.39 is 0 Å². The lowest BCUT2D eigenvalue weighted by Gasteiger charge is -2.26. The van der Waals surface area contributed by atoms with Gasteiger partial charge in [-0.25, -0.2) is 0 Å². The first-order valence-corrected chi connectivity index (χ1v) is 7.66. The van der Waals surface area contributed by atoms with Crippen LogP contribution in [-0.4, -0.2) is 18.3 Å². The van der Waals surface area contributed by atoms with E-state index in [1.54, 1.807) is 0 Å². The number of hydrogen-bond acceptors (Lipinski definition) is 3. The second-order valence-corrected chi connectivity index (χ2v) is 7.04. The molecule has 0 spiro atoms. The number of thiophene rings is 1. The second kappa shape index (κ2) is 6.04. The summed E-state index contributed by atoms with van der Waals surface area (Å²) in [7, 11) is 0. The van der Waals surface area contributed by atoms with Gasteiger partial charge in [0.25, 0.3) is 0 Å². The number of benzene rings is 1. The summed E-state index contributed by atoms with van der Waals surface area (Å²) in [5, 5.41) is 14.0. The Balaban J connectivity index is 2.01. The first-order valence-electron chi connectivity index (χ1n) is 6.84. The van der Waals surface area contributed by atoms with Crippen molar-refractivity contribution in [3.63, 3.8) is 0 Å². The van der Waals surface area contributed by atoms with Crippen LogP contribution in [0.15, 0.2) is 30.3 Å². The minimum absolute atomic E-state index is 0.139.